The molecule has 1 heterocycles. The average Bonchev–Trinajstić information content (AvgIpc) is 1.82. The van der Waals surface area contributed by atoms with Crippen molar-refractivity contribution in [3.05, 3.63) is 33.7 Å². The molecule has 10 heavy (non-hydrogen) atoms. The SMILES string of the molecule is Cc1cc(C)n(O)c(=O)c1. The van der Waals surface area contributed by atoms with Gasteiger partial charge in [0.2, 0.25) is 0 Å². The first-order valence-corrected chi connectivity index (χ1v) is 3.01. The largest absolute Gasteiger partial charge is 0.425 e. The van der Waals surface area contributed by atoms with Gasteiger partial charge in [-0.2, -0.15) is 4.73 Å². The Morgan fingerprint density at radius 1 is 1.40 bits per heavy atom. The van der Waals surface area contributed by atoms with Crippen molar-refractivity contribution in [2.45, 2.75) is 13.8 Å². The fourth-order valence-electron chi connectivity index (χ4n) is 0.862. The summed E-state index contributed by atoms with van der Waals surface area (Å²) < 4.78 is 0.632. The summed E-state index contributed by atoms with van der Waals surface area (Å²) in [6.07, 6.45) is 0. The van der Waals surface area contributed by atoms with Gasteiger partial charge < -0.3 is 5.21 Å². The van der Waals surface area contributed by atoms with Crippen molar-refractivity contribution < 1.29 is 5.21 Å². The highest BCUT2D eigenvalue weighted by Gasteiger charge is 1.96. The Balaban J connectivity index is 3.46. The minimum atomic E-state index is -0.377. The second-order valence-corrected chi connectivity index (χ2v) is 2.32. The van der Waals surface area contributed by atoms with Crippen LogP contribution in [0, 0.1) is 13.8 Å². The van der Waals surface area contributed by atoms with E-state index >= 15 is 0 Å². The molecule has 0 saturated heterocycles. The summed E-state index contributed by atoms with van der Waals surface area (Å²) in [5, 5.41) is 8.93. The second-order valence-electron chi connectivity index (χ2n) is 2.32. The first kappa shape index (κ1) is 6.86. The van der Waals surface area contributed by atoms with Crippen molar-refractivity contribution in [3.63, 3.8) is 0 Å². The molecule has 0 atom stereocenters. The molecule has 0 saturated carbocycles. The molecule has 1 N–H and O–H groups in total. The van der Waals surface area contributed by atoms with Crippen LogP contribution in [-0.2, 0) is 0 Å². The van der Waals surface area contributed by atoms with Crippen LogP contribution in [0.25, 0.3) is 0 Å². The number of hydrogen-bond donors (Lipinski definition) is 1. The molecule has 54 valence electrons. The molecule has 0 spiro atoms. The van der Waals surface area contributed by atoms with Gasteiger partial charge in [-0.15, -0.1) is 0 Å². The number of aryl methyl sites for hydroxylation is 2. The molecular formula is C7H9NO2. The van der Waals surface area contributed by atoms with Crippen LogP contribution >= 0.6 is 0 Å². The summed E-state index contributed by atoms with van der Waals surface area (Å²) in [5.74, 6) is 0. The summed E-state index contributed by atoms with van der Waals surface area (Å²) in [4.78, 5) is 10.8. The molecule has 0 aromatic carbocycles. The van der Waals surface area contributed by atoms with Crippen LogP contribution < -0.4 is 5.56 Å². The van der Waals surface area contributed by atoms with Crippen molar-refractivity contribution >= 4 is 0 Å². The lowest BCUT2D eigenvalue weighted by atomic mass is 10.2. The molecule has 0 aliphatic carbocycles. The Morgan fingerprint density at radius 2 is 2.00 bits per heavy atom. The van der Waals surface area contributed by atoms with Crippen LogP contribution in [-0.4, -0.2) is 9.94 Å². The molecule has 3 nitrogen and oxygen atoms in total. The quantitative estimate of drug-likeness (QED) is 0.537. The third-order valence-corrected chi connectivity index (χ3v) is 1.33. The highest BCUT2D eigenvalue weighted by molar-refractivity contribution is 5.13. The predicted octanol–water partition coefficient (Wildman–Crippen LogP) is 0.702. The minimum Gasteiger partial charge on any atom is -0.425 e. The van der Waals surface area contributed by atoms with Gasteiger partial charge in [-0.3, -0.25) is 4.79 Å². The zero-order valence-corrected chi connectivity index (χ0v) is 5.96. The second kappa shape index (κ2) is 2.17. The van der Waals surface area contributed by atoms with Gasteiger partial charge in [-0.1, -0.05) is 0 Å². The molecule has 1 rings (SSSR count). The van der Waals surface area contributed by atoms with Crippen LogP contribution in [0.2, 0.25) is 0 Å². The fraction of sp³-hybridized carbons (Fsp3) is 0.286. The van der Waals surface area contributed by atoms with Gasteiger partial charge in [0.1, 0.15) is 0 Å². The van der Waals surface area contributed by atoms with E-state index in [2.05, 4.69) is 0 Å². The Morgan fingerprint density at radius 3 is 2.50 bits per heavy atom. The van der Waals surface area contributed by atoms with Crippen molar-refractivity contribution in [1.29, 1.82) is 0 Å². The molecule has 1 aromatic heterocycles. The number of rotatable bonds is 0. The number of nitrogens with zero attached hydrogens (tertiary/aromatic N) is 1. The summed E-state index contributed by atoms with van der Waals surface area (Å²) >= 11 is 0. The summed E-state index contributed by atoms with van der Waals surface area (Å²) in [5.41, 5.74) is 1.05. The number of hydrogen-bond acceptors (Lipinski definition) is 2. The maximum atomic E-state index is 10.8. The van der Waals surface area contributed by atoms with Crippen LogP contribution in [0.1, 0.15) is 11.3 Å². The number of aromatic nitrogens is 1. The molecule has 0 aliphatic rings. The minimum absolute atomic E-state index is 0.377. The van der Waals surface area contributed by atoms with Crippen LogP contribution in [0.15, 0.2) is 16.9 Å². The van der Waals surface area contributed by atoms with Crippen LogP contribution in [0.3, 0.4) is 0 Å². The van der Waals surface area contributed by atoms with Gasteiger partial charge in [0, 0.05) is 6.07 Å². The van der Waals surface area contributed by atoms with E-state index < -0.39 is 0 Å². The molecule has 0 unspecified atom stereocenters. The lowest BCUT2D eigenvalue weighted by Crippen LogP contribution is -2.18. The lowest BCUT2D eigenvalue weighted by Gasteiger charge is -2.00. The highest BCUT2D eigenvalue weighted by atomic mass is 16.5. The Bertz CT molecular complexity index is 301. The summed E-state index contributed by atoms with van der Waals surface area (Å²) in [6.45, 7) is 3.49. The molecule has 0 radical (unpaired) electrons. The number of pyridine rings is 1. The van der Waals surface area contributed by atoms with E-state index in [-0.39, 0.29) is 5.56 Å². The molecule has 1 aromatic rings. The zero-order chi connectivity index (χ0) is 7.72. The van der Waals surface area contributed by atoms with Crippen molar-refractivity contribution in [1.82, 2.24) is 4.73 Å². The van der Waals surface area contributed by atoms with E-state index in [0.29, 0.717) is 10.4 Å². The zero-order valence-electron chi connectivity index (χ0n) is 5.96. The monoisotopic (exact) mass is 139 g/mol. The molecule has 0 aliphatic heterocycles. The van der Waals surface area contributed by atoms with E-state index in [4.69, 9.17) is 5.21 Å². The van der Waals surface area contributed by atoms with Gasteiger partial charge >= 0.3 is 0 Å². The van der Waals surface area contributed by atoms with E-state index in [1.807, 2.05) is 6.92 Å². The standard InChI is InChI=1S/C7H9NO2/c1-5-3-6(2)8(10)7(9)4-5/h3-4,10H,1-2H3. The maximum Gasteiger partial charge on any atom is 0.283 e. The van der Waals surface area contributed by atoms with E-state index in [1.54, 1.807) is 13.0 Å². The van der Waals surface area contributed by atoms with Gasteiger partial charge in [0.25, 0.3) is 5.56 Å². The van der Waals surface area contributed by atoms with Crippen molar-refractivity contribution in [3.8, 4) is 0 Å². The molecule has 0 amide bonds. The summed E-state index contributed by atoms with van der Waals surface area (Å²) in [7, 11) is 0. The molecule has 3 heteroatoms. The third-order valence-electron chi connectivity index (χ3n) is 1.33. The van der Waals surface area contributed by atoms with Crippen molar-refractivity contribution in [2.24, 2.45) is 0 Å². The third kappa shape index (κ3) is 1.03. The fourth-order valence-corrected chi connectivity index (χ4v) is 0.862. The topological polar surface area (TPSA) is 42.2 Å². The Labute approximate surface area is 58.5 Å². The van der Waals surface area contributed by atoms with Gasteiger partial charge in [0.05, 0.1) is 5.69 Å². The van der Waals surface area contributed by atoms with E-state index in [1.165, 1.54) is 6.07 Å². The lowest BCUT2D eigenvalue weighted by molar-refractivity contribution is 0.168. The van der Waals surface area contributed by atoms with Gasteiger partial charge in [0.15, 0.2) is 0 Å². The van der Waals surface area contributed by atoms with Gasteiger partial charge in [-0.25, -0.2) is 0 Å². The van der Waals surface area contributed by atoms with Crippen molar-refractivity contribution in [2.75, 3.05) is 0 Å². The van der Waals surface area contributed by atoms with Crippen LogP contribution in [0.5, 0.6) is 0 Å². The average molecular weight is 139 g/mol. The van der Waals surface area contributed by atoms with Crippen LogP contribution in [0.4, 0.5) is 0 Å². The van der Waals surface area contributed by atoms with E-state index in [9.17, 15) is 4.79 Å². The first-order chi connectivity index (χ1) is 4.61. The Hall–Kier alpha value is -1.25. The highest BCUT2D eigenvalue weighted by Crippen LogP contribution is 1.95. The first-order valence-electron chi connectivity index (χ1n) is 3.01. The van der Waals surface area contributed by atoms with E-state index in [0.717, 1.165) is 5.56 Å². The Kier molecular flexibility index (Phi) is 1.49. The summed E-state index contributed by atoms with van der Waals surface area (Å²) in [6, 6.07) is 3.12. The maximum absolute atomic E-state index is 10.8. The smallest absolute Gasteiger partial charge is 0.283 e. The predicted molar refractivity (Wildman–Crippen MR) is 37.4 cm³/mol. The normalized spacial score (nSPS) is 9.80. The molecular weight excluding hydrogens is 130 g/mol. The van der Waals surface area contributed by atoms with Gasteiger partial charge in [-0.05, 0) is 25.5 Å². The molecule has 0 bridgehead atoms. The molecule has 0 fully saturated rings.